The fourth-order valence-electron chi connectivity index (χ4n) is 8.39. The zero-order valence-corrected chi connectivity index (χ0v) is 25.2. The Kier molecular flexibility index (Phi) is 4.12. The average Bonchev–Trinajstić information content (AvgIpc) is 3.54. The van der Waals surface area contributed by atoms with Gasteiger partial charge >= 0.3 is 6.85 Å². The Labute approximate surface area is 246 Å². The molecule has 0 amide bonds. The Balaban J connectivity index is 1.45. The molecule has 0 atom stereocenters. The van der Waals surface area contributed by atoms with E-state index >= 15 is 0 Å². The second-order valence-corrected chi connectivity index (χ2v) is 17.5. The van der Waals surface area contributed by atoms with E-state index in [1.54, 1.807) is 0 Å². The van der Waals surface area contributed by atoms with Gasteiger partial charge in [0.05, 0.1) is 5.52 Å². The zero-order valence-electron chi connectivity index (χ0n) is 24.2. The Hall–Kier alpha value is -4.48. The van der Waals surface area contributed by atoms with Gasteiger partial charge in [0, 0.05) is 38.9 Å². The van der Waals surface area contributed by atoms with Gasteiger partial charge in [-0.2, -0.15) is 0 Å². The standard InChI is InChI=1S/C37H29BN2OSi/c1-21(2)22-19-26-23-12-9-13-25-34(23)40(35-24-11-5-7-16-30(24)41-37(25)35)38-27-14-10-18-32-36(27)39(29(20-22)33(26)38)28-15-6-8-17-31(28)42(32,3)4/h5-21H,1-4H3. The third-order valence-electron chi connectivity index (χ3n) is 10.3. The van der Waals surface area contributed by atoms with Gasteiger partial charge in [-0.25, -0.2) is 0 Å². The van der Waals surface area contributed by atoms with Crippen LogP contribution in [0, 0.1) is 0 Å². The lowest BCUT2D eigenvalue weighted by Gasteiger charge is -2.47. The molecule has 3 aliphatic heterocycles. The number of hydrogen-bond acceptors (Lipinski definition) is 2. The van der Waals surface area contributed by atoms with Crippen molar-refractivity contribution in [2.75, 3.05) is 4.90 Å². The van der Waals surface area contributed by atoms with Crippen LogP contribution in [0.15, 0.2) is 101 Å². The number of aromatic nitrogens is 1. The van der Waals surface area contributed by atoms with E-state index < -0.39 is 8.07 Å². The minimum absolute atomic E-state index is 0.0633. The molecule has 7 aromatic rings. The van der Waals surface area contributed by atoms with Crippen molar-refractivity contribution >= 4 is 86.3 Å². The molecule has 0 bridgehead atoms. The van der Waals surface area contributed by atoms with E-state index in [2.05, 4.69) is 133 Å². The number of hydrogen-bond donors (Lipinski definition) is 0. The second kappa shape index (κ2) is 7.47. The predicted molar refractivity (Wildman–Crippen MR) is 181 cm³/mol. The molecule has 200 valence electrons. The molecule has 0 aliphatic carbocycles. The van der Waals surface area contributed by atoms with Crippen molar-refractivity contribution in [1.82, 2.24) is 4.48 Å². The first-order chi connectivity index (χ1) is 20.4. The summed E-state index contributed by atoms with van der Waals surface area (Å²) in [5.41, 5.74) is 15.4. The topological polar surface area (TPSA) is 21.3 Å². The van der Waals surface area contributed by atoms with E-state index in [4.69, 9.17) is 4.42 Å². The van der Waals surface area contributed by atoms with Crippen LogP contribution in [0.2, 0.25) is 13.1 Å². The number of furan rings is 1. The summed E-state index contributed by atoms with van der Waals surface area (Å²) in [4.78, 5) is 2.62. The Bertz CT molecular complexity index is 2340. The molecule has 0 fully saturated rings. The maximum Gasteiger partial charge on any atom is 0.333 e. The average molecular weight is 557 g/mol. The first-order valence-electron chi connectivity index (χ1n) is 15.1. The first-order valence-corrected chi connectivity index (χ1v) is 18.1. The van der Waals surface area contributed by atoms with Crippen molar-refractivity contribution in [2.24, 2.45) is 0 Å². The molecular formula is C37H29BN2OSi. The van der Waals surface area contributed by atoms with Gasteiger partial charge in [0.2, 0.25) is 0 Å². The van der Waals surface area contributed by atoms with Gasteiger partial charge in [0.15, 0.2) is 5.58 Å². The van der Waals surface area contributed by atoms with Gasteiger partial charge in [-0.15, -0.1) is 0 Å². The minimum Gasteiger partial charge on any atom is -0.454 e. The van der Waals surface area contributed by atoms with Crippen molar-refractivity contribution in [3.05, 3.63) is 103 Å². The number of para-hydroxylation sites is 4. The summed E-state index contributed by atoms with van der Waals surface area (Å²) < 4.78 is 9.29. The molecule has 42 heavy (non-hydrogen) atoms. The van der Waals surface area contributed by atoms with Gasteiger partial charge in [0.1, 0.15) is 13.7 Å². The molecule has 0 unspecified atom stereocenters. The van der Waals surface area contributed by atoms with Gasteiger partial charge in [-0.1, -0.05) is 93.7 Å². The molecule has 5 heterocycles. The van der Waals surface area contributed by atoms with E-state index in [-0.39, 0.29) is 6.85 Å². The smallest absolute Gasteiger partial charge is 0.333 e. The quantitative estimate of drug-likeness (QED) is 0.199. The van der Waals surface area contributed by atoms with Crippen LogP contribution in [0.4, 0.5) is 17.1 Å². The van der Waals surface area contributed by atoms with Gasteiger partial charge in [-0.3, -0.25) is 0 Å². The van der Waals surface area contributed by atoms with Crippen molar-refractivity contribution in [3.63, 3.8) is 0 Å². The molecule has 10 rings (SSSR count). The number of rotatable bonds is 1. The highest BCUT2D eigenvalue weighted by Gasteiger charge is 2.48. The van der Waals surface area contributed by atoms with Crippen LogP contribution in [0.3, 0.4) is 0 Å². The van der Waals surface area contributed by atoms with E-state index in [9.17, 15) is 0 Å². The van der Waals surface area contributed by atoms with Crippen LogP contribution in [0.25, 0.3) is 44.1 Å². The lowest BCUT2D eigenvalue weighted by atomic mass is 9.45. The Morgan fingerprint density at radius 2 is 1.48 bits per heavy atom. The van der Waals surface area contributed by atoms with Crippen LogP contribution < -0.4 is 26.2 Å². The fourth-order valence-corrected chi connectivity index (χ4v) is 11.4. The van der Waals surface area contributed by atoms with Gasteiger partial charge in [-0.05, 0) is 68.7 Å². The van der Waals surface area contributed by atoms with Crippen molar-refractivity contribution in [1.29, 1.82) is 0 Å². The summed E-state index contributed by atoms with van der Waals surface area (Å²) in [6.07, 6.45) is 0. The summed E-state index contributed by atoms with van der Waals surface area (Å²) in [6, 6.07) is 36.6. The zero-order chi connectivity index (χ0) is 28.1. The van der Waals surface area contributed by atoms with Crippen LogP contribution in [0.1, 0.15) is 25.3 Å². The predicted octanol–water partition coefficient (Wildman–Crippen LogP) is 7.22. The van der Waals surface area contributed by atoms with Crippen LogP contribution >= 0.6 is 0 Å². The highest BCUT2D eigenvalue weighted by Crippen LogP contribution is 2.48. The lowest BCUT2D eigenvalue weighted by Crippen LogP contribution is -2.65. The van der Waals surface area contributed by atoms with Crippen molar-refractivity contribution < 1.29 is 4.42 Å². The summed E-state index contributed by atoms with van der Waals surface area (Å²) in [5, 5.41) is 5.43. The Morgan fingerprint density at radius 3 is 2.36 bits per heavy atom. The molecule has 0 saturated heterocycles. The monoisotopic (exact) mass is 556 g/mol. The van der Waals surface area contributed by atoms with Crippen LogP contribution in [-0.2, 0) is 0 Å². The van der Waals surface area contributed by atoms with E-state index in [0.29, 0.717) is 5.92 Å². The maximum atomic E-state index is 6.65. The van der Waals surface area contributed by atoms with Crippen molar-refractivity contribution in [2.45, 2.75) is 32.9 Å². The SMILES string of the molecule is CC(C)c1cc2c3c(c1)N1c4ccccc4[Si](C)(C)c4cccc(c41)B3n1c3c-2cccc3c2oc3ccccc3c21. The largest absolute Gasteiger partial charge is 0.454 e. The number of anilines is 3. The minimum atomic E-state index is -1.95. The normalized spacial score (nSPS) is 15.5. The highest BCUT2D eigenvalue weighted by molar-refractivity contribution is 7.04. The highest BCUT2D eigenvalue weighted by atomic mass is 28.3. The number of fused-ring (bicyclic) bond motifs is 11. The summed E-state index contributed by atoms with van der Waals surface area (Å²) >= 11 is 0. The van der Waals surface area contributed by atoms with Gasteiger partial charge in [0.25, 0.3) is 0 Å². The summed E-state index contributed by atoms with van der Waals surface area (Å²) in [7, 11) is -1.95. The van der Waals surface area contributed by atoms with E-state index in [0.717, 1.165) is 11.2 Å². The molecule has 2 aromatic heterocycles. The molecule has 5 aromatic carbocycles. The third-order valence-corrected chi connectivity index (χ3v) is 13.8. The Morgan fingerprint density at radius 1 is 0.714 bits per heavy atom. The molecule has 0 N–H and O–H groups in total. The van der Waals surface area contributed by atoms with E-state index in [1.807, 2.05) is 0 Å². The molecule has 3 nitrogen and oxygen atoms in total. The first kappa shape index (κ1) is 23.1. The molecule has 0 spiro atoms. The maximum absolute atomic E-state index is 6.65. The number of nitrogens with zero attached hydrogens (tertiary/aromatic N) is 2. The summed E-state index contributed by atoms with van der Waals surface area (Å²) in [5.74, 6) is 0.417. The van der Waals surface area contributed by atoms with Gasteiger partial charge < -0.3 is 13.8 Å². The molecule has 0 radical (unpaired) electrons. The molecule has 5 heteroatoms. The summed E-state index contributed by atoms with van der Waals surface area (Å²) in [6.45, 7) is 9.75. The van der Waals surface area contributed by atoms with E-state index in [1.165, 1.54) is 76.9 Å². The van der Waals surface area contributed by atoms with Crippen molar-refractivity contribution in [3.8, 4) is 11.1 Å². The second-order valence-electron chi connectivity index (χ2n) is 13.1. The third kappa shape index (κ3) is 2.52. The molecule has 0 saturated carbocycles. The van der Waals surface area contributed by atoms with Crippen LogP contribution in [0.5, 0.6) is 0 Å². The molecular weight excluding hydrogens is 527 g/mol. The number of benzene rings is 5. The molecule has 3 aliphatic rings. The fraction of sp³-hybridized carbons (Fsp3) is 0.135. The van der Waals surface area contributed by atoms with Crippen LogP contribution in [-0.4, -0.2) is 19.4 Å². The lowest BCUT2D eigenvalue weighted by molar-refractivity contribution is 0.673.